The van der Waals surface area contributed by atoms with Crippen LogP contribution in [0.15, 0.2) is 24.3 Å². The maximum Gasteiger partial charge on any atom is 0.254 e. The molecule has 1 amide bonds. The minimum Gasteiger partial charge on any atom is -0.496 e. The molecule has 0 saturated carbocycles. The van der Waals surface area contributed by atoms with Crippen molar-refractivity contribution in [2.45, 2.75) is 25.4 Å². The molecule has 2 saturated heterocycles. The SMILES string of the molecule is COc1cc(C(=O)N2CCOCC2)ccc1Cc1nc2c(c(O[C@H]3CCOC3)n1)C(C#N)=CC2. The van der Waals surface area contributed by atoms with Crippen LogP contribution in [0.25, 0.3) is 5.57 Å². The number of carbonyl (C=O) groups is 1. The number of nitrogens with zero attached hydrogens (tertiary/aromatic N) is 4. The van der Waals surface area contributed by atoms with Crippen LogP contribution in [0.4, 0.5) is 0 Å². The number of aromatic nitrogens is 2. The van der Waals surface area contributed by atoms with Gasteiger partial charge in [-0.3, -0.25) is 4.79 Å². The van der Waals surface area contributed by atoms with Gasteiger partial charge in [-0.2, -0.15) is 10.2 Å². The molecule has 1 aliphatic carbocycles. The summed E-state index contributed by atoms with van der Waals surface area (Å²) in [6.45, 7) is 3.43. The zero-order chi connectivity index (χ0) is 23.5. The van der Waals surface area contributed by atoms with Crippen molar-refractivity contribution in [3.63, 3.8) is 0 Å². The lowest BCUT2D eigenvalue weighted by atomic mass is 10.1. The van der Waals surface area contributed by atoms with E-state index in [1.54, 1.807) is 18.1 Å². The van der Waals surface area contributed by atoms with Gasteiger partial charge in [0.2, 0.25) is 5.88 Å². The Balaban J connectivity index is 1.41. The fourth-order valence-corrected chi connectivity index (χ4v) is 4.42. The summed E-state index contributed by atoms with van der Waals surface area (Å²) < 4.78 is 22.5. The first-order valence-electron chi connectivity index (χ1n) is 11.4. The summed E-state index contributed by atoms with van der Waals surface area (Å²) in [4.78, 5) is 24.1. The molecule has 2 aliphatic heterocycles. The number of morpholine rings is 1. The molecular formula is C25H26N4O5. The van der Waals surface area contributed by atoms with Crippen LogP contribution >= 0.6 is 0 Å². The Morgan fingerprint density at radius 2 is 2.09 bits per heavy atom. The molecule has 1 aromatic heterocycles. The van der Waals surface area contributed by atoms with Crippen molar-refractivity contribution >= 4 is 11.5 Å². The molecule has 3 aliphatic rings. The maximum atomic E-state index is 12.9. The number of fused-ring (bicyclic) bond motifs is 1. The Hall–Kier alpha value is -3.48. The first-order valence-corrected chi connectivity index (χ1v) is 11.4. The van der Waals surface area contributed by atoms with E-state index < -0.39 is 0 Å². The van der Waals surface area contributed by atoms with Crippen LogP contribution in [0, 0.1) is 11.3 Å². The number of hydrogen-bond donors (Lipinski definition) is 0. The van der Waals surface area contributed by atoms with Gasteiger partial charge in [-0.25, -0.2) is 4.98 Å². The number of allylic oxidation sites excluding steroid dienone is 2. The van der Waals surface area contributed by atoms with E-state index in [4.69, 9.17) is 23.9 Å². The Morgan fingerprint density at radius 3 is 2.82 bits per heavy atom. The second-order valence-electron chi connectivity index (χ2n) is 8.41. The Labute approximate surface area is 197 Å². The molecule has 9 heteroatoms. The molecule has 0 bridgehead atoms. The van der Waals surface area contributed by atoms with Crippen LogP contribution in [-0.2, 0) is 22.3 Å². The van der Waals surface area contributed by atoms with Crippen LogP contribution in [0.3, 0.4) is 0 Å². The molecule has 5 rings (SSSR count). The monoisotopic (exact) mass is 462 g/mol. The molecule has 2 aromatic rings. The summed E-state index contributed by atoms with van der Waals surface area (Å²) in [7, 11) is 1.59. The number of nitriles is 1. The fourth-order valence-electron chi connectivity index (χ4n) is 4.42. The maximum absolute atomic E-state index is 12.9. The standard InChI is InChI=1S/C25H26N4O5/c1-31-21-12-17(25(30)29-7-10-32-11-8-29)3-2-16(21)13-22-27-20-5-4-18(14-26)23(20)24(28-22)34-19-6-9-33-15-19/h2-4,12,19H,5-11,13,15H2,1H3/t19-/m0/s1. The molecule has 176 valence electrons. The summed E-state index contributed by atoms with van der Waals surface area (Å²) in [5.41, 5.74) is 3.44. The zero-order valence-electron chi connectivity index (χ0n) is 19.1. The fraction of sp³-hybridized carbons (Fsp3) is 0.440. The zero-order valence-corrected chi connectivity index (χ0v) is 19.1. The minimum absolute atomic E-state index is 0.0356. The van der Waals surface area contributed by atoms with Gasteiger partial charge in [0.25, 0.3) is 5.91 Å². The predicted octanol–water partition coefficient (Wildman–Crippen LogP) is 2.18. The first-order chi connectivity index (χ1) is 16.7. The van der Waals surface area contributed by atoms with Gasteiger partial charge in [0.15, 0.2) is 0 Å². The summed E-state index contributed by atoms with van der Waals surface area (Å²) in [5, 5.41) is 9.53. The third kappa shape index (κ3) is 4.47. The van der Waals surface area contributed by atoms with Crippen LogP contribution < -0.4 is 9.47 Å². The summed E-state index contributed by atoms with van der Waals surface area (Å²) in [6, 6.07) is 7.68. The highest BCUT2D eigenvalue weighted by Gasteiger charge is 2.27. The lowest BCUT2D eigenvalue weighted by Crippen LogP contribution is -2.40. The molecule has 0 radical (unpaired) electrons. The summed E-state index contributed by atoms with van der Waals surface area (Å²) in [6.07, 6.45) is 3.52. The molecule has 2 fully saturated rings. The quantitative estimate of drug-likeness (QED) is 0.643. The molecular weight excluding hydrogens is 436 g/mol. The lowest BCUT2D eigenvalue weighted by Gasteiger charge is -2.27. The molecule has 0 unspecified atom stereocenters. The molecule has 1 atom stereocenters. The van der Waals surface area contributed by atoms with Crippen molar-refractivity contribution in [2.24, 2.45) is 0 Å². The van der Waals surface area contributed by atoms with E-state index in [1.165, 1.54) is 0 Å². The van der Waals surface area contributed by atoms with Crippen molar-refractivity contribution < 1.29 is 23.7 Å². The predicted molar refractivity (Wildman–Crippen MR) is 122 cm³/mol. The van der Waals surface area contributed by atoms with Gasteiger partial charge in [0, 0.05) is 43.5 Å². The highest BCUT2D eigenvalue weighted by atomic mass is 16.5. The average Bonchev–Trinajstić information content (AvgIpc) is 3.54. The molecule has 0 N–H and O–H groups in total. The van der Waals surface area contributed by atoms with Gasteiger partial charge in [0.1, 0.15) is 17.7 Å². The second kappa shape index (κ2) is 9.79. The van der Waals surface area contributed by atoms with Gasteiger partial charge in [-0.05, 0) is 12.1 Å². The van der Waals surface area contributed by atoms with Gasteiger partial charge >= 0.3 is 0 Å². The number of ether oxygens (including phenoxy) is 4. The van der Waals surface area contributed by atoms with E-state index in [1.807, 2.05) is 18.2 Å². The topological polar surface area (TPSA) is 107 Å². The van der Waals surface area contributed by atoms with Crippen molar-refractivity contribution in [1.29, 1.82) is 5.26 Å². The number of hydrogen-bond acceptors (Lipinski definition) is 8. The third-order valence-electron chi connectivity index (χ3n) is 6.23. The van der Waals surface area contributed by atoms with Gasteiger partial charge < -0.3 is 23.8 Å². The minimum atomic E-state index is -0.0904. The second-order valence-corrected chi connectivity index (χ2v) is 8.41. The molecule has 9 nitrogen and oxygen atoms in total. The van der Waals surface area contributed by atoms with E-state index in [9.17, 15) is 10.1 Å². The van der Waals surface area contributed by atoms with E-state index >= 15 is 0 Å². The van der Waals surface area contributed by atoms with Crippen molar-refractivity contribution in [2.75, 3.05) is 46.6 Å². The normalized spacial score (nSPS) is 19.4. The number of benzene rings is 1. The van der Waals surface area contributed by atoms with E-state index in [0.29, 0.717) is 86.5 Å². The van der Waals surface area contributed by atoms with Gasteiger partial charge in [-0.1, -0.05) is 12.1 Å². The van der Waals surface area contributed by atoms with E-state index in [2.05, 4.69) is 11.1 Å². The summed E-state index contributed by atoms with van der Waals surface area (Å²) >= 11 is 0. The molecule has 3 heterocycles. The Bertz CT molecular complexity index is 1160. The van der Waals surface area contributed by atoms with Crippen molar-refractivity contribution in [3.05, 3.63) is 52.5 Å². The van der Waals surface area contributed by atoms with Crippen LogP contribution in [-0.4, -0.2) is 73.5 Å². The lowest BCUT2D eigenvalue weighted by molar-refractivity contribution is 0.0302. The number of carbonyl (C=O) groups excluding carboxylic acids is 1. The average molecular weight is 463 g/mol. The highest BCUT2D eigenvalue weighted by Crippen LogP contribution is 2.34. The number of rotatable bonds is 6. The summed E-state index contributed by atoms with van der Waals surface area (Å²) in [5.74, 6) is 1.57. The van der Waals surface area contributed by atoms with Crippen LogP contribution in [0.1, 0.15) is 39.4 Å². The highest BCUT2D eigenvalue weighted by molar-refractivity contribution is 5.94. The van der Waals surface area contributed by atoms with Crippen molar-refractivity contribution in [3.8, 4) is 17.7 Å². The Morgan fingerprint density at radius 1 is 1.24 bits per heavy atom. The van der Waals surface area contributed by atoms with E-state index in [0.717, 1.165) is 17.7 Å². The smallest absolute Gasteiger partial charge is 0.254 e. The molecule has 1 aromatic carbocycles. The van der Waals surface area contributed by atoms with Gasteiger partial charge in [0.05, 0.1) is 56.4 Å². The molecule has 34 heavy (non-hydrogen) atoms. The molecule has 0 spiro atoms. The first kappa shape index (κ1) is 22.3. The Kier molecular flexibility index (Phi) is 6.43. The van der Waals surface area contributed by atoms with Crippen molar-refractivity contribution in [1.82, 2.24) is 14.9 Å². The third-order valence-corrected chi connectivity index (χ3v) is 6.23. The van der Waals surface area contributed by atoms with E-state index in [-0.39, 0.29) is 12.0 Å². The van der Waals surface area contributed by atoms with Crippen LogP contribution in [0.2, 0.25) is 0 Å². The number of methoxy groups -OCH3 is 1. The van der Waals surface area contributed by atoms with Crippen LogP contribution in [0.5, 0.6) is 11.6 Å². The number of amides is 1. The van der Waals surface area contributed by atoms with Gasteiger partial charge in [-0.15, -0.1) is 0 Å². The largest absolute Gasteiger partial charge is 0.496 e.